The zero-order valence-electron chi connectivity index (χ0n) is 16.8. The lowest BCUT2D eigenvalue weighted by atomic mass is 9.76. The first-order chi connectivity index (χ1) is 11.9. The first-order valence-corrected chi connectivity index (χ1v) is 10.1. The number of hydrogen-bond donors (Lipinski definition) is 1. The van der Waals surface area contributed by atoms with E-state index in [2.05, 4.69) is 46.8 Å². The van der Waals surface area contributed by atoms with Crippen molar-refractivity contribution in [3.8, 4) is 0 Å². The molecule has 0 bridgehead atoms. The number of aliphatic carboxylic acids is 1. The summed E-state index contributed by atoms with van der Waals surface area (Å²) in [6, 6.07) is 0. The van der Waals surface area contributed by atoms with Crippen LogP contribution in [0.5, 0.6) is 0 Å². The van der Waals surface area contributed by atoms with Crippen LogP contribution in [0.3, 0.4) is 0 Å². The number of carbonyl (C=O) groups is 1. The Morgan fingerprint density at radius 3 is 2.56 bits per heavy atom. The molecule has 1 N–H and O–H groups in total. The molecule has 1 heterocycles. The van der Waals surface area contributed by atoms with Crippen molar-refractivity contribution in [2.45, 2.75) is 97.7 Å². The Morgan fingerprint density at radius 2 is 2.04 bits per heavy atom. The highest BCUT2D eigenvalue weighted by atomic mass is 17.2. The number of rotatable bonds is 11. The molecule has 0 spiro atoms. The molecule has 4 heteroatoms. The van der Waals surface area contributed by atoms with Crippen molar-refractivity contribution in [1.29, 1.82) is 0 Å². The van der Waals surface area contributed by atoms with Crippen LogP contribution >= 0.6 is 0 Å². The fourth-order valence-electron chi connectivity index (χ4n) is 4.08. The predicted molar refractivity (Wildman–Crippen MR) is 101 cm³/mol. The monoisotopic (exact) mass is 354 g/mol. The van der Waals surface area contributed by atoms with Gasteiger partial charge in [-0.05, 0) is 56.3 Å². The molecule has 0 amide bonds. The van der Waals surface area contributed by atoms with E-state index in [-0.39, 0.29) is 24.0 Å². The summed E-state index contributed by atoms with van der Waals surface area (Å²) in [5, 5.41) is 9.07. The number of hydrogen-bond acceptors (Lipinski definition) is 3. The van der Waals surface area contributed by atoms with E-state index in [0.29, 0.717) is 11.8 Å². The summed E-state index contributed by atoms with van der Waals surface area (Å²) in [4.78, 5) is 22.5. The summed E-state index contributed by atoms with van der Waals surface area (Å²) >= 11 is 0. The molecule has 0 aromatic heterocycles. The van der Waals surface area contributed by atoms with Crippen LogP contribution in [0, 0.1) is 17.8 Å². The van der Waals surface area contributed by atoms with Crippen molar-refractivity contribution in [1.82, 2.24) is 0 Å². The quantitative estimate of drug-likeness (QED) is 0.378. The average molecular weight is 355 g/mol. The van der Waals surface area contributed by atoms with Crippen LogP contribution in [-0.2, 0) is 14.6 Å². The summed E-state index contributed by atoms with van der Waals surface area (Å²) in [6.07, 6.45) is 11.4. The molecule has 0 aliphatic carbocycles. The molecule has 3 unspecified atom stereocenters. The molecule has 0 radical (unpaired) electrons. The van der Waals surface area contributed by atoms with Crippen molar-refractivity contribution >= 4 is 5.97 Å². The average Bonchev–Trinajstić information content (AvgIpc) is 2.59. The van der Waals surface area contributed by atoms with Crippen molar-refractivity contribution in [3.05, 3.63) is 12.2 Å². The molecule has 1 rings (SSSR count). The fourth-order valence-corrected chi connectivity index (χ4v) is 4.08. The Hall–Kier alpha value is -0.870. The van der Waals surface area contributed by atoms with Crippen molar-refractivity contribution in [3.63, 3.8) is 0 Å². The molecule has 1 aliphatic heterocycles. The third-order valence-electron chi connectivity index (χ3n) is 5.65. The molecule has 1 fully saturated rings. The first-order valence-electron chi connectivity index (χ1n) is 10.1. The Morgan fingerprint density at radius 1 is 1.32 bits per heavy atom. The molecule has 25 heavy (non-hydrogen) atoms. The van der Waals surface area contributed by atoms with Crippen LogP contribution in [0.1, 0.15) is 86.0 Å². The van der Waals surface area contributed by atoms with E-state index >= 15 is 0 Å². The molecule has 4 nitrogen and oxygen atoms in total. The predicted octanol–water partition coefficient (Wildman–Crippen LogP) is 5.77. The van der Waals surface area contributed by atoms with Gasteiger partial charge in [0.25, 0.3) is 0 Å². The van der Waals surface area contributed by atoms with E-state index in [1.165, 1.54) is 0 Å². The summed E-state index contributed by atoms with van der Waals surface area (Å²) in [5.41, 5.74) is -0.276. The Bertz CT molecular complexity index is 420. The highest BCUT2D eigenvalue weighted by molar-refractivity contribution is 5.67. The van der Waals surface area contributed by atoms with Crippen LogP contribution in [0.25, 0.3) is 0 Å². The highest BCUT2D eigenvalue weighted by Crippen LogP contribution is 2.41. The van der Waals surface area contributed by atoms with E-state index in [1.54, 1.807) is 0 Å². The van der Waals surface area contributed by atoms with E-state index in [1.807, 2.05) is 0 Å². The van der Waals surface area contributed by atoms with Gasteiger partial charge in [0.15, 0.2) is 0 Å². The van der Waals surface area contributed by atoms with Gasteiger partial charge >= 0.3 is 5.97 Å². The zero-order valence-corrected chi connectivity index (χ0v) is 16.8. The van der Waals surface area contributed by atoms with Gasteiger partial charge in [0, 0.05) is 0 Å². The molecule has 5 atom stereocenters. The molecular weight excluding hydrogens is 316 g/mol. The third-order valence-corrected chi connectivity index (χ3v) is 5.65. The molecule has 146 valence electrons. The number of allylic oxidation sites excluding steroid dienone is 2. The molecular formula is C21H38O4. The van der Waals surface area contributed by atoms with E-state index in [9.17, 15) is 4.79 Å². The van der Waals surface area contributed by atoms with E-state index < -0.39 is 5.97 Å². The molecule has 0 saturated carbocycles. The lowest BCUT2D eigenvalue weighted by Gasteiger charge is -2.43. The minimum absolute atomic E-state index is 0.0214. The lowest BCUT2D eigenvalue weighted by Crippen LogP contribution is -2.46. The Balaban J connectivity index is 2.70. The summed E-state index contributed by atoms with van der Waals surface area (Å²) in [6.45, 7) is 11.0. The van der Waals surface area contributed by atoms with Gasteiger partial charge in [0.05, 0.1) is 6.42 Å². The van der Waals surface area contributed by atoms with Gasteiger partial charge < -0.3 is 5.11 Å². The van der Waals surface area contributed by atoms with Crippen LogP contribution < -0.4 is 0 Å². The number of carboxylic acid groups (broad SMARTS) is 1. The Kier molecular flexibility index (Phi) is 9.73. The second kappa shape index (κ2) is 11.0. The maximum absolute atomic E-state index is 11.0. The SMILES string of the molecule is CC/C=C/C(CC)CC(C)CC1(CC)C[C@H](CC)[C@H](CC(=O)O)OO1. The second-order valence-electron chi connectivity index (χ2n) is 7.77. The smallest absolute Gasteiger partial charge is 0.306 e. The highest BCUT2D eigenvalue weighted by Gasteiger charge is 2.43. The molecule has 1 saturated heterocycles. The molecule has 0 aromatic rings. The Labute approximate surface area is 153 Å². The van der Waals surface area contributed by atoms with Crippen LogP contribution in [0.2, 0.25) is 0 Å². The first kappa shape index (κ1) is 22.2. The van der Waals surface area contributed by atoms with Crippen LogP contribution in [0.4, 0.5) is 0 Å². The van der Waals surface area contributed by atoms with Crippen LogP contribution in [0.15, 0.2) is 12.2 Å². The summed E-state index contributed by atoms with van der Waals surface area (Å²) in [5.74, 6) is 0.593. The van der Waals surface area contributed by atoms with Gasteiger partial charge in [-0.2, -0.15) is 0 Å². The maximum atomic E-state index is 11.0. The van der Waals surface area contributed by atoms with Crippen molar-refractivity contribution in [2.75, 3.05) is 0 Å². The van der Waals surface area contributed by atoms with Gasteiger partial charge in [-0.25, -0.2) is 9.78 Å². The second-order valence-corrected chi connectivity index (χ2v) is 7.77. The van der Waals surface area contributed by atoms with Gasteiger partial charge in [0.1, 0.15) is 11.7 Å². The summed E-state index contributed by atoms with van der Waals surface area (Å²) in [7, 11) is 0. The normalized spacial score (nSPS) is 29.6. The fraction of sp³-hybridized carbons (Fsp3) is 0.857. The van der Waals surface area contributed by atoms with E-state index in [0.717, 1.165) is 44.9 Å². The minimum atomic E-state index is -0.821. The summed E-state index contributed by atoms with van der Waals surface area (Å²) < 4.78 is 0. The van der Waals surface area contributed by atoms with Gasteiger partial charge in [-0.1, -0.05) is 53.2 Å². The van der Waals surface area contributed by atoms with E-state index in [4.69, 9.17) is 14.9 Å². The minimum Gasteiger partial charge on any atom is -0.481 e. The molecule has 1 aliphatic rings. The number of carboxylic acids is 1. The zero-order chi connectivity index (χ0) is 18.9. The van der Waals surface area contributed by atoms with Crippen molar-refractivity contribution in [2.24, 2.45) is 17.8 Å². The van der Waals surface area contributed by atoms with Crippen LogP contribution in [-0.4, -0.2) is 22.8 Å². The van der Waals surface area contributed by atoms with Gasteiger partial charge in [0.2, 0.25) is 0 Å². The topological polar surface area (TPSA) is 55.8 Å². The van der Waals surface area contributed by atoms with Crippen molar-refractivity contribution < 1.29 is 19.7 Å². The maximum Gasteiger partial charge on any atom is 0.306 e. The third kappa shape index (κ3) is 7.10. The molecule has 0 aromatic carbocycles. The van der Waals surface area contributed by atoms with Gasteiger partial charge in [-0.15, -0.1) is 0 Å². The standard InChI is InChI=1S/C21H38O4/c1-6-10-11-17(7-2)12-16(5)14-21(9-4)15-18(8-3)19(24-25-21)13-20(22)23/h10-11,16-19H,6-9,12-15H2,1-5H3,(H,22,23)/b11-10+/t16?,17?,18-,19-,21?/m0/s1. The lowest BCUT2D eigenvalue weighted by molar-refractivity contribution is -0.424. The van der Waals surface area contributed by atoms with Gasteiger partial charge in [-0.3, -0.25) is 4.79 Å². The largest absolute Gasteiger partial charge is 0.481 e.